The number of hydrogen-bond acceptors (Lipinski definition) is 2. The number of carboxylic acid groups (broad SMARTS) is 1. The molecule has 1 atom stereocenters. The summed E-state index contributed by atoms with van der Waals surface area (Å²) < 4.78 is 0. The molecule has 0 saturated heterocycles. The molecule has 6 heteroatoms. The molecule has 0 aromatic heterocycles. The number of carbonyl (C=O) groups is 2. The minimum Gasteiger partial charge on any atom is -0.481 e. The summed E-state index contributed by atoms with van der Waals surface area (Å²) in [4.78, 5) is 22.0. The van der Waals surface area contributed by atoms with Crippen molar-refractivity contribution < 1.29 is 14.7 Å². The highest BCUT2D eigenvalue weighted by Crippen LogP contribution is 2.13. The lowest BCUT2D eigenvalue weighted by Gasteiger charge is -2.09. The summed E-state index contributed by atoms with van der Waals surface area (Å²) in [5.74, 6) is -1.34. The van der Waals surface area contributed by atoms with E-state index in [1.54, 1.807) is 31.2 Å². The summed E-state index contributed by atoms with van der Waals surface area (Å²) in [6.07, 6.45) is 0.392. The maximum Gasteiger partial charge on any atom is 0.319 e. The van der Waals surface area contributed by atoms with Gasteiger partial charge in [0.2, 0.25) is 0 Å². The largest absolute Gasteiger partial charge is 0.481 e. The Morgan fingerprint density at radius 3 is 2.50 bits per heavy atom. The Bertz CT molecular complexity index is 420. The van der Waals surface area contributed by atoms with Gasteiger partial charge in [0.05, 0.1) is 5.92 Å². The van der Waals surface area contributed by atoms with Crippen LogP contribution in [0.2, 0.25) is 5.02 Å². The monoisotopic (exact) mass is 270 g/mol. The molecule has 0 bridgehead atoms. The van der Waals surface area contributed by atoms with Crippen molar-refractivity contribution in [2.75, 3.05) is 11.9 Å². The fourth-order valence-electron chi connectivity index (χ4n) is 1.23. The van der Waals surface area contributed by atoms with Crippen LogP contribution in [0.5, 0.6) is 0 Å². The maximum absolute atomic E-state index is 11.4. The van der Waals surface area contributed by atoms with Gasteiger partial charge >= 0.3 is 12.0 Å². The fraction of sp³-hybridized carbons (Fsp3) is 0.333. The molecule has 2 amide bonds. The van der Waals surface area contributed by atoms with Crippen molar-refractivity contribution in [1.29, 1.82) is 0 Å². The molecule has 1 aromatic rings. The predicted molar refractivity (Wildman–Crippen MR) is 69.9 cm³/mol. The first-order chi connectivity index (χ1) is 8.49. The standard InChI is InChI=1S/C12H15ClN2O3/c1-8(11(16)17)6-7-14-12(18)15-10-4-2-9(13)3-5-10/h2-5,8H,6-7H2,1H3,(H,16,17)(H2,14,15,18). The van der Waals surface area contributed by atoms with Gasteiger partial charge in [-0.2, -0.15) is 0 Å². The third-order valence-corrected chi connectivity index (χ3v) is 2.64. The topological polar surface area (TPSA) is 78.4 Å². The van der Waals surface area contributed by atoms with Gasteiger partial charge < -0.3 is 15.7 Å². The molecule has 3 N–H and O–H groups in total. The summed E-state index contributed by atoms with van der Waals surface area (Å²) in [6.45, 7) is 1.91. The maximum atomic E-state index is 11.4. The molecule has 0 heterocycles. The first-order valence-electron chi connectivity index (χ1n) is 5.52. The average molecular weight is 271 g/mol. The zero-order valence-electron chi connectivity index (χ0n) is 9.94. The highest BCUT2D eigenvalue weighted by atomic mass is 35.5. The molecule has 0 fully saturated rings. The Kier molecular flexibility index (Phi) is 5.45. The third-order valence-electron chi connectivity index (χ3n) is 2.39. The molecule has 0 saturated carbocycles. The van der Waals surface area contributed by atoms with Crippen LogP contribution in [-0.4, -0.2) is 23.7 Å². The fourth-order valence-corrected chi connectivity index (χ4v) is 1.36. The Morgan fingerprint density at radius 2 is 1.94 bits per heavy atom. The van der Waals surface area contributed by atoms with E-state index in [0.717, 1.165) is 0 Å². The Hall–Kier alpha value is -1.75. The summed E-state index contributed by atoms with van der Waals surface area (Å²) in [7, 11) is 0. The van der Waals surface area contributed by atoms with Crippen molar-refractivity contribution in [3.8, 4) is 0 Å². The lowest BCUT2D eigenvalue weighted by Crippen LogP contribution is -2.31. The van der Waals surface area contributed by atoms with E-state index in [9.17, 15) is 9.59 Å². The number of hydrogen-bond donors (Lipinski definition) is 3. The van der Waals surface area contributed by atoms with Crippen molar-refractivity contribution in [3.05, 3.63) is 29.3 Å². The molecule has 0 aliphatic rings. The van der Waals surface area contributed by atoms with Crippen molar-refractivity contribution >= 4 is 29.3 Å². The molecular weight excluding hydrogens is 256 g/mol. The molecule has 5 nitrogen and oxygen atoms in total. The van der Waals surface area contributed by atoms with Crippen LogP contribution in [0.1, 0.15) is 13.3 Å². The minimum absolute atomic E-state index is 0.312. The number of rotatable bonds is 5. The second-order valence-corrected chi connectivity index (χ2v) is 4.35. The molecule has 0 aliphatic carbocycles. The quantitative estimate of drug-likeness (QED) is 0.769. The zero-order chi connectivity index (χ0) is 13.5. The van der Waals surface area contributed by atoms with Crippen LogP contribution in [0, 0.1) is 5.92 Å². The van der Waals surface area contributed by atoms with E-state index in [1.165, 1.54) is 0 Å². The number of urea groups is 1. The number of benzene rings is 1. The smallest absolute Gasteiger partial charge is 0.319 e. The number of carboxylic acids is 1. The summed E-state index contributed by atoms with van der Waals surface area (Å²) in [5, 5.41) is 14.5. The van der Waals surface area contributed by atoms with Gasteiger partial charge in [-0.1, -0.05) is 18.5 Å². The molecular formula is C12H15ClN2O3. The molecule has 0 spiro atoms. The number of carbonyl (C=O) groups excluding carboxylic acids is 1. The number of nitrogens with one attached hydrogen (secondary N) is 2. The van der Waals surface area contributed by atoms with Crippen LogP contribution in [0.4, 0.5) is 10.5 Å². The van der Waals surface area contributed by atoms with Crippen LogP contribution >= 0.6 is 11.6 Å². The van der Waals surface area contributed by atoms with Crippen molar-refractivity contribution in [3.63, 3.8) is 0 Å². The van der Waals surface area contributed by atoms with Crippen molar-refractivity contribution in [2.24, 2.45) is 5.92 Å². The average Bonchev–Trinajstić information content (AvgIpc) is 2.32. The van der Waals surface area contributed by atoms with E-state index in [-0.39, 0.29) is 6.03 Å². The first kappa shape index (κ1) is 14.3. The Balaban J connectivity index is 2.30. The van der Waals surface area contributed by atoms with E-state index in [0.29, 0.717) is 23.7 Å². The van der Waals surface area contributed by atoms with Crippen LogP contribution in [0.15, 0.2) is 24.3 Å². The first-order valence-corrected chi connectivity index (χ1v) is 5.90. The summed E-state index contributed by atoms with van der Waals surface area (Å²) >= 11 is 5.71. The zero-order valence-corrected chi connectivity index (χ0v) is 10.7. The van der Waals surface area contributed by atoms with Gasteiger partial charge in [0.25, 0.3) is 0 Å². The molecule has 1 rings (SSSR count). The molecule has 18 heavy (non-hydrogen) atoms. The van der Waals surface area contributed by atoms with E-state index in [2.05, 4.69) is 10.6 Å². The van der Waals surface area contributed by atoms with Gasteiger partial charge in [0, 0.05) is 17.3 Å². The Morgan fingerprint density at radius 1 is 1.33 bits per heavy atom. The second-order valence-electron chi connectivity index (χ2n) is 3.92. The molecule has 98 valence electrons. The minimum atomic E-state index is -0.866. The van der Waals surface area contributed by atoms with Crippen molar-refractivity contribution in [2.45, 2.75) is 13.3 Å². The van der Waals surface area contributed by atoms with E-state index >= 15 is 0 Å². The molecule has 1 aromatic carbocycles. The molecule has 0 aliphatic heterocycles. The van der Waals surface area contributed by atoms with Gasteiger partial charge in [-0.3, -0.25) is 4.79 Å². The lowest BCUT2D eigenvalue weighted by molar-refractivity contribution is -0.141. The van der Waals surface area contributed by atoms with Gasteiger partial charge in [0.1, 0.15) is 0 Å². The van der Waals surface area contributed by atoms with E-state index in [4.69, 9.17) is 16.7 Å². The van der Waals surface area contributed by atoms with Crippen LogP contribution in [0.25, 0.3) is 0 Å². The Labute approximate surface area is 110 Å². The van der Waals surface area contributed by atoms with Gasteiger partial charge in [-0.15, -0.1) is 0 Å². The SMILES string of the molecule is CC(CCNC(=O)Nc1ccc(Cl)cc1)C(=O)O. The summed E-state index contributed by atoms with van der Waals surface area (Å²) in [5.41, 5.74) is 0.628. The number of anilines is 1. The van der Waals surface area contributed by atoms with Crippen molar-refractivity contribution in [1.82, 2.24) is 5.32 Å². The third kappa shape index (κ3) is 5.05. The second kappa shape index (κ2) is 6.86. The van der Waals surface area contributed by atoms with Gasteiger partial charge in [-0.05, 0) is 30.7 Å². The van der Waals surface area contributed by atoms with Gasteiger partial charge in [0.15, 0.2) is 0 Å². The highest BCUT2D eigenvalue weighted by molar-refractivity contribution is 6.30. The van der Waals surface area contributed by atoms with Gasteiger partial charge in [-0.25, -0.2) is 4.79 Å². The number of amides is 2. The predicted octanol–water partition coefficient (Wildman–Crippen LogP) is 2.57. The molecule has 1 unspecified atom stereocenters. The molecule has 0 radical (unpaired) electrons. The lowest BCUT2D eigenvalue weighted by atomic mass is 10.1. The van der Waals surface area contributed by atoms with Crippen LogP contribution in [-0.2, 0) is 4.79 Å². The number of aliphatic carboxylic acids is 1. The summed E-state index contributed by atoms with van der Waals surface area (Å²) in [6, 6.07) is 6.34. The normalized spacial score (nSPS) is 11.7. The van der Waals surface area contributed by atoms with E-state index in [1.807, 2.05) is 0 Å². The van der Waals surface area contributed by atoms with Crippen LogP contribution < -0.4 is 10.6 Å². The highest BCUT2D eigenvalue weighted by Gasteiger charge is 2.10. The van der Waals surface area contributed by atoms with E-state index < -0.39 is 11.9 Å². The number of halogens is 1. The van der Waals surface area contributed by atoms with Crippen LogP contribution in [0.3, 0.4) is 0 Å².